The van der Waals surface area contributed by atoms with Gasteiger partial charge in [0.1, 0.15) is 12.2 Å². The van der Waals surface area contributed by atoms with E-state index in [1.165, 1.54) is 0 Å². The number of ether oxygens (including phenoxy) is 1. The Morgan fingerprint density at radius 3 is 2.71 bits per heavy atom. The fourth-order valence-corrected chi connectivity index (χ4v) is 2.49. The van der Waals surface area contributed by atoms with Crippen molar-refractivity contribution in [1.82, 2.24) is 25.0 Å². The Morgan fingerprint density at radius 1 is 1.46 bits per heavy atom. The van der Waals surface area contributed by atoms with E-state index in [0.717, 1.165) is 51.6 Å². The van der Waals surface area contributed by atoms with Gasteiger partial charge in [0.25, 0.3) is 6.47 Å². The van der Waals surface area contributed by atoms with E-state index in [9.17, 15) is 4.79 Å². The van der Waals surface area contributed by atoms with Gasteiger partial charge in [0.2, 0.25) is 5.91 Å². The van der Waals surface area contributed by atoms with Gasteiger partial charge in [0, 0.05) is 32.6 Å². The summed E-state index contributed by atoms with van der Waals surface area (Å²) < 4.78 is 7.13. The average molecular weight is 341 g/mol. The molecular weight excluding hydrogens is 314 g/mol. The molecule has 1 aliphatic heterocycles. The van der Waals surface area contributed by atoms with Crippen molar-refractivity contribution in [2.24, 2.45) is 0 Å². The number of aryl methyl sites for hydroxylation is 1. The normalized spacial score (nSPS) is 15.9. The largest absolute Gasteiger partial charge is 0.483 e. The van der Waals surface area contributed by atoms with E-state index < -0.39 is 0 Å². The first kappa shape index (κ1) is 20.0. The number of aromatic nitrogens is 3. The van der Waals surface area contributed by atoms with Gasteiger partial charge in [0.05, 0.1) is 19.3 Å². The third-order valence-electron chi connectivity index (χ3n) is 3.76. The number of nitrogens with zero attached hydrogens (tertiary/aromatic N) is 4. The van der Waals surface area contributed by atoms with Crippen molar-refractivity contribution in [2.75, 3.05) is 32.8 Å². The Hall–Kier alpha value is -2.00. The third kappa shape index (κ3) is 6.63. The fraction of sp³-hybridized carbons (Fsp3) is 0.733. The number of hydrogen-bond donors (Lipinski definition) is 2. The molecule has 0 aromatic carbocycles. The molecule has 1 atom stereocenters. The van der Waals surface area contributed by atoms with Crippen molar-refractivity contribution in [3.63, 3.8) is 0 Å². The number of carboxylic acid groups (broad SMARTS) is 1. The number of rotatable bonds is 7. The van der Waals surface area contributed by atoms with Gasteiger partial charge in [-0.15, -0.1) is 0 Å². The Labute approximate surface area is 142 Å². The second-order valence-corrected chi connectivity index (χ2v) is 5.27. The van der Waals surface area contributed by atoms with E-state index in [0.29, 0.717) is 6.42 Å². The van der Waals surface area contributed by atoms with Gasteiger partial charge in [-0.3, -0.25) is 14.5 Å². The molecule has 2 rings (SSSR count). The lowest BCUT2D eigenvalue weighted by molar-refractivity contribution is -0.123. The summed E-state index contributed by atoms with van der Waals surface area (Å²) in [5, 5.41) is 14.1. The molecule has 24 heavy (non-hydrogen) atoms. The molecule has 2 N–H and O–H groups in total. The summed E-state index contributed by atoms with van der Waals surface area (Å²) in [6, 6.07) is -0.0651. The Kier molecular flexibility index (Phi) is 9.62. The van der Waals surface area contributed by atoms with Crippen LogP contribution < -0.4 is 5.32 Å². The minimum atomic E-state index is -0.250. The molecule has 1 aromatic heterocycles. The molecule has 0 bridgehead atoms. The van der Waals surface area contributed by atoms with Crippen molar-refractivity contribution in [3.8, 4) is 0 Å². The minimum absolute atomic E-state index is 0.0651. The van der Waals surface area contributed by atoms with Crippen LogP contribution in [0.15, 0.2) is 6.33 Å². The van der Waals surface area contributed by atoms with Crippen molar-refractivity contribution in [3.05, 3.63) is 12.2 Å². The number of hydrogen-bond acceptors (Lipinski definition) is 6. The molecule has 1 saturated heterocycles. The van der Waals surface area contributed by atoms with E-state index >= 15 is 0 Å². The van der Waals surface area contributed by atoms with Gasteiger partial charge < -0.3 is 15.2 Å². The van der Waals surface area contributed by atoms with Crippen molar-refractivity contribution >= 4 is 12.4 Å². The fourth-order valence-electron chi connectivity index (χ4n) is 2.49. The summed E-state index contributed by atoms with van der Waals surface area (Å²) in [6.07, 6.45) is 2.86. The SMILES string of the molecule is CCC(NC(=O)CCN1CCOCC1)c1ncnn1CC.O=CO. The van der Waals surface area contributed by atoms with Gasteiger partial charge in [-0.1, -0.05) is 6.92 Å². The van der Waals surface area contributed by atoms with Crippen molar-refractivity contribution in [1.29, 1.82) is 0 Å². The maximum absolute atomic E-state index is 12.1. The van der Waals surface area contributed by atoms with E-state index in [1.807, 2.05) is 18.5 Å². The zero-order chi connectivity index (χ0) is 17.8. The Balaban J connectivity index is 0.000000891. The molecule has 1 amide bonds. The standard InChI is InChI=1S/C14H25N5O2.CH2O2/c1-3-12(14-15-11-16-19(14)4-2)17-13(20)5-6-18-7-9-21-10-8-18;2-1-3/h11-12H,3-10H2,1-2H3,(H,17,20);1H,(H,2,3). The van der Waals surface area contributed by atoms with Gasteiger partial charge in [-0.25, -0.2) is 9.67 Å². The molecule has 136 valence electrons. The lowest BCUT2D eigenvalue weighted by Gasteiger charge is -2.26. The maximum atomic E-state index is 12.1. The van der Waals surface area contributed by atoms with Crippen LogP contribution in [0.25, 0.3) is 0 Å². The highest BCUT2D eigenvalue weighted by molar-refractivity contribution is 5.76. The predicted molar refractivity (Wildman–Crippen MR) is 87.4 cm³/mol. The molecule has 9 heteroatoms. The van der Waals surface area contributed by atoms with Gasteiger partial charge in [-0.2, -0.15) is 5.10 Å². The molecule has 1 aliphatic rings. The van der Waals surface area contributed by atoms with Crippen LogP contribution in [-0.2, 0) is 20.9 Å². The highest BCUT2D eigenvalue weighted by Crippen LogP contribution is 2.13. The molecule has 0 saturated carbocycles. The molecular formula is C15H27N5O4. The van der Waals surface area contributed by atoms with Crippen LogP contribution in [0.4, 0.5) is 0 Å². The summed E-state index contributed by atoms with van der Waals surface area (Å²) in [4.78, 5) is 27.0. The topological polar surface area (TPSA) is 110 Å². The Bertz CT molecular complexity index is 488. The van der Waals surface area contributed by atoms with Crippen LogP contribution in [0.3, 0.4) is 0 Å². The average Bonchev–Trinajstić information content (AvgIpc) is 3.08. The summed E-state index contributed by atoms with van der Waals surface area (Å²) in [5.41, 5.74) is 0. The molecule has 1 unspecified atom stereocenters. The monoisotopic (exact) mass is 341 g/mol. The van der Waals surface area contributed by atoms with Crippen LogP contribution in [0, 0.1) is 0 Å². The first-order valence-electron chi connectivity index (χ1n) is 8.21. The van der Waals surface area contributed by atoms with Gasteiger partial charge >= 0.3 is 0 Å². The van der Waals surface area contributed by atoms with E-state index in [1.54, 1.807) is 6.33 Å². The maximum Gasteiger partial charge on any atom is 0.290 e. The molecule has 0 aliphatic carbocycles. The van der Waals surface area contributed by atoms with Crippen LogP contribution in [-0.4, -0.2) is 70.0 Å². The quantitative estimate of drug-likeness (QED) is 0.686. The summed E-state index contributed by atoms with van der Waals surface area (Å²) in [7, 11) is 0. The first-order valence-corrected chi connectivity index (χ1v) is 8.21. The molecule has 2 heterocycles. The number of nitrogens with one attached hydrogen (secondary N) is 1. The molecule has 0 spiro atoms. The highest BCUT2D eigenvalue weighted by atomic mass is 16.5. The first-order chi connectivity index (χ1) is 11.7. The van der Waals surface area contributed by atoms with Gasteiger partial charge in [0.15, 0.2) is 0 Å². The summed E-state index contributed by atoms with van der Waals surface area (Å²) in [6.45, 7) is 8.70. The zero-order valence-electron chi connectivity index (χ0n) is 14.3. The molecule has 9 nitrogen and oxygen atoms in total. The lowest BCUT2D eigenvalue weighted by Crippen LogP contribution is -2.39. The van der Waals surface area contributed by atoms with Crippen LogP contribution in [0.2, 0.25) is 0 Å². The van der Waals surface area contributed by atoms with Crippen LogP contribution in [0.1, 0.15) is 38.6 Å². The van der Waals surface area contributed by atoms with E-state index in [4.69, 9.17) is 14.6 Å². The molecule has 0 radical (unpaired) electrons. The number of carbonyl (C=O) groups is 2. The van der Waals surface area contributed by atoms with Crippen LogP contribution >= 0.6 is 0 Å². The van der Waals surface area contributed by atoms with E-state index in [2.05, 4.69) is 20.3 Å². The van der Waals surface area contributed by atoms with Gasteiger partial charge in [-0.05, 0) is 13.3 Å². The van der Waals surface area contributed by atoms with Crippen molar-refractivity contribution in [2.45, 2.75) is 39.3 Å². The van der Waals surface area contributed by atoms with Crippen molar-refractivity contribution < 1.29 is 19.4 Å². The number of carbonyl (C=O) groups excluding carboxylic acids is 1. The second-order valence-electron chi connectivity index (χ2n) is 5.27. The minimum Gasteiger partial charge on any atom is -0.483 e. The Morgan fingerprint density at radius 2 is 2.12 bits per heavy atom. The smallest absolute Gasteiger partial charge is 0.290 e. The lowest BCUT2D eigenvalue weighted by atomic mass is 10.2. The zero-order valence-corrected chi connectivity index (χ0v) is 14.3. The number of morpholine rings is 1. The van der Waals surface area contributed by atoms with E-state index in [-0.39, 0.29) is 18.4 Å². The predicted octanol–water partition coefficient (Wildman–Crippen LogP) is 0.288. The number of amides is 1. The summed E-state index contributed by atoms with van der Waals surface area (Å²) >= 11 is 0. The second kappa shape index (κ2) is 11.5. The third-order valence-corrected chi connectivity index (χ3v) is 3.76. The van der Waals surface area contributed by atoms with Crippen LogP contribution in [0.5, 0.6) is 0 Å². The highest BCUT2D eigenvalue weighted by Gasteiger charge is 2.19. The summed E-state index contributed by atoms with van der Waals surface area (Å²) in [5.74, 6) is 0.902. The molecule has 1 fully saturated rings. The molecule has 1 aromatic rings.